The minimum absolute atomic E-state index is 0.113. The van der Waals surface area contributed by atoms with Gasteiger partial charge in [0.1, 0.15) is 0 Å². The molecule has 0 saturated carbocycles. The van der Waals surface area contributed by atoms with E-state index < -0.39 is 0 Å². The van der Waals surface area contributed by atoms with E-state index in [1.807, 2.05) is 0 Å². The summed E-state index contributed by atoms with van der Waals surface area (Å²) in [4.78, 5) is 0. The summed E-state index contributed by atoms with van der Waals surface area (Å²) in [5.74, 6) is 0. The van der Waals surface area contributed by atoms with Gasteiger partial charge in [-0.2, -0.15) is 0 Å². The molecule has 2 heteroatoms. The predicted molar refractivity (Wildman–Crippen MR) is 55.8 cm³/mol. The van der Waals surface area contributed by atoms with Gasteiger partial charge in [-0.15, -0.1) is 0 Å². The molecule has 0 radical (unpaired) electrons. The molecule has 0 bridgehead atoms. The topological polar surface area (TPSA) is 32.3 Å². The van der Waals surface area contributed by atoms with Crippen LogP contribution in [0.1, 0.15) is 51.9 Å². The third kappa shape index (κ3) is 4.10. The van der Waals surface area contributed by atoms with Gasteiger partial charge < -0.3 is 10.4 Å². The zero-order valence-electron chi connectivity index (χ0n) is 8.76. The van der Waals surface area contributed by atoms with E-state index in [1.54, 1.807) is 0 Å². The second kappa shape index (κ2) is 6.39. The molecule has 2 atom stereocenters. The molecule has 2 N–H and O–H groups in total. The van der Waals surface area contributed by atoms with Crippen molar-refractivity contribution in [3.05, 3.63) is 0 Å². The van der Waals surface area contributed by atoms with Crippen molar-refractivity contribution in [1.29, 1.82) is 0 Å². The van der Waals surface area contributed by atoms with Crippen LogP contribution in [-0.2, 0) is 0 Å². The van der Waals surface area contributed by atoms with Crippen LogP contribution in [-0.4, -0.2) is 23.8 Å². The largest absolute Gasteiger partial charge is 0.392 e. The van der Waals surface area contributed by atoms with Crippen LogP contribution in [0.15, 0.2) is 0 Å². The molecule has 1 heterocycles. The lowest BCUT2D eigenvalue weighted by Gasteiger charge is -2.22. The Morgan fingerprint density at radius 3 is 3.00 bits per heavy atom. The number of aliphatic hydroxyl groups excluding tert-OH is 1. The first-order valence-electron chi connectivity index (χ1n) is 5.76. The van der Waals surface area contributed by atoms with E-state index in [2.05, 4.69) is 12.2 Å². The average molecular weight is 185 g/mol. The maximum Gasteiger partial charge on any atom is 0.0693 e. The van der Waals surface area contributed by atoms with Crippen molar-refractivity contribution < 1.29 is 5.11 Å². The van der Waals surface area contributed by atoms with E-state index in [-0.39, 0.29) is 6.10 Å². The van der Waals surface area contributed by atoms with Gasteiger partial charge in [0.2, 0.25) is 0 Å². The maximum atomic E-state index is 9.87. The summed E-state index contributed by atoms with van der Waals surface area (Å²) in [6.07, 6.45) is 8.22. The highest BCUT2D eigenvalue weighted by atomic mass is 16.3. The summed E-state index contributed by atoms with van der Waals surface area (Å²) >= 11 is 0. The van der Waals surface area contributed by atoms with Gasteiger partial charge in [-0.3, -0.25) is 0 Å². The van der Waals surface area contributed by atoms with E-state index in [9.17, 15) is 5.11 Å². The Balaban J connectivity index is 2.22. The molecule has 1 aliphatic heterocycles. The van der Waals surface area contributed by atoms with Gasteiger partial charge in [-0.25, -0.2) is 0 Å². The fourth-order valence-electron chi connectivity index (χ4n) is 2.00. The highest BCUT2D eigenvalue weighted by molar-refractivity contribution is 4.77. The van der Waals surface area contributed by atoms with Gasteiger partial charge in [0.05, 0.1) is 6.10 Å². The maximum absolute atomic E-state index is 9.87. The number of unbranched alkanes of at least 4 members (excludes halogenated alkanes) is 1. The minimum atomic E-state index is -0.113. The van der Waals surface area contributed by atoms with Crippen LogP contribution in [0.2, 0.25) is 0 Å². The van der Waals surface area contributed by atoms with Crippen LogP contribution in [0, 0.1) is 0 Å². The van der Waals surface area contributed by atoms with Crippen molar-refractivity contribution in [3.8, 4) is 0 Å². The third-order valence-electron chi connectivity index (χ3n) is 2.92. The van der Waals surface area contributed by atoms with Crippen LogP contribution in [0.3, 0.4) is 0 Å². The minimum Gasteiger partial charge on any atom is -0.392 e. The van der Waals surface area contributed by atoms with Gasteiger partial charge >= 0.3 is 0 Å². The molecule has 2 nitrogen and oxygen atoms in total. The first kappa shape index (κ1) is 11.0. The molecule has 0 aromatic heterocycles. The molecule has 78 valence electrons. The van der Waals surface area contributed by atoms with Gasteiger partial charge in [0.15, 0.2) is 0 Å². The molecule has 13 heavy (non-hydrogen) atoms. The van der Waals surface area contributed by atoms with Crippen LogP contribution in [0.4, 0.5) is 0 Å². The quantitative estimate of drug-likeness (QED) is 0.702. The Kier molecular flexibility index (Phi) is 5.40. The molecule has 1 rings (SSSR count). The molecule has 0 spiro atoms. The van der Waals surface area contributed by atoms with Crippen LogP contribution >= 0.6 is 0 Å². The summed E-state index contributed by atoms with van der Waals surface area (Å²) < 4.78 is 0. The van der Waals surface area contributed by atoms with Crippen molar-refractivity contribution in [3.63, 3.8) is 0 Å². The normalized spacial score (nSPS) is 26.8. The van der Waals surface area contributed by atoms with Gasteiger partial charge in [0.25, 0.3) is 0 Å². The SMILES string of the molecule is CCCCC(O)C1CCCCCN1. The van der Waals surface area contributed by atoms with Crippen LogP contribution in [0.25, 0.3) is 0 Å². The zero-order valence-corrected chi connectivity index (χ0v) is 8.76. The molecular weight excluding hydrogens is 162 g/mol. The summed E-state index contributed by atoms with van der Waals surface area (Å²) in [5, 5.41) is 13.3. The summed E-state index contributed by atoms with van der Waals surface area (Å²) in [5.41, 5.74) is 0. The van der Waals surface area contributed by atoms with Crippen molar-refractivity contribution in [1.82, 2.24) is 5.32 Å². The fourth-order valence-corrected chi connectivity index (χ4v) is 2.00. The van der Waals surface area contributed by atoms with Crippen LogP contribution in [0.5, 0.6) is 0 Å². The number of rotatable bonds is 4. The third-order valence-corrected chi connectivity index (χ3v) is 2.92. The zero-order chi connectivity index (χ0) is 9.52. The Bertz CT molecular complexity index is 119. The fraction of sp³-hybridized carbons (Fsp3) is 1.00. The Hall–Kier alpha value is -0.0800. The Morgan fingerprint density at radius 2 is 2.23 bits per heavy atom. The van der Waals surface area contributed by atoms with Crippen molar-refractivity contribution in [2.75, 3.05) is 6.54 Å². The molecule has 1 fully saturated rings. The van der Waals surface area contributed by atoms with E-state index in [1.165, 1.54) is 25.7 Å². The molecule has 1 saturated heterocycles. The highest BCUT2D eigenvalue weighted by Gasteiger charge is 2.18. The summed E-state index contributed by atoms with van der Waals surface area (Å²) in [6.45, 7) is 3.26. The Labute approximate surface area is 81.7 Å². The number of aliphatic hydroxyl groups is 1. The monoisotopic (exact) mass is 185 g/mol. The van der Waals surface area contributed by atoms with Gasteiger partial charge in [-0.05, 0) is 25.8 Å². The van der Waals surface area contributed by atoms with E-state index in [0.29, 0.717) is 6.04 Å². The highest BCUT2D eigenvalue weighted by Crippen LogP contribution is 2.14. The number of hydrogen-bond acceptors (Lipinski definition) is 2. The van der Waals surface area contributed by atoms with Crippen molar-refractivity contribution >= 4 is 0 Å². The Morgan fingerprint density at radius 1 is 1.38 bits per heavy atom. The van der Waals surface area contributed by atoms with E-state index in [4.69, 9.17) is 0 Å². The lowest BCUT2D eigenvalue weighted by Crippen LogP contribution is -2.39. The number of hydrogen-bond donors (Lipinski definition) is 2. The van der Waals surface area contributed by atoms with E-state index in [0.717, 1.165) is 25.8 Å². The van der Waals surface area contributed by atoms with Gasteiger partial charge in [-0.1, -0.05) is 32.6 Å². The lowest BCUT2D eigenvalue weighted by molar-refractivity contribution is 0.114. The summed E-state index contributed by atoms with van der Waals surface area (Å²) in [7, 11) is 0. The summed E-state index contributed by atoms with van der Waals surface area (Å²) in [6, 6.07) is 0.369. The first-order valence-corrected chi connectivity index (χ1v) is 5.76. The molecule has 0 aliphatic carbocycles. The van der Waals surface area contributed by atoms with Crippen molar-refractivity contribution in [2.45, 2.75) is 64.0 Å². The van der Waals surface area contributed by atoms with Gasteiger partial charge in [0, 0.05) is 6.04 Å². The standard InChI is InChI=1S/C11H23NO/c1-2-3-8-11(13)10-7-5-4-6-9-12-10/h10-13H,2-9H2,1H3. The van der Waals surface area contributed by atoms with Crippen molar-refractivity contribution in [2.24, 2.45) is 0 Å². The second-order valence-corrected chi connectivity index (χ2v) is 4.12. The number of nitrogens with one attached hydrogen (secondary N) is 1. The first-order chi connectivity index (χ1) is 6.34. The predicted octanol–water partition coefficient (Wildman–Crippen LogP) is 2.07. The van der Waals surface area contributed by atoms with Crippen LogP contribution < -0.4 is 5.32 Å². The average Bonchev–Trinajstić information content (AvgIpc) is 2.42. The second-order valence-electron chi connectivity index (χ2n) is 4.12. The smallest absolute Gasteiger partial charge is 0.0693 e. The molecule has 0 amide bonds. The molecule has 1 aliphatic rings. The lowest BCUT2D eigenvalue weighted by atomic mass is 10.0. The molecule has 0 aromatic carbocycles. The molecule has 2 unspecified atom stereocenters. The van der Waals surface area contributed by atoms with E-state index >= 15 is 0 Å². The molecular formula is C11H23NO. The molecule has 0 aromatic rings.